The van der Waals surface area contributed by atoms with E-state index >= 15 is 0 Å². The summed E-state index contributed by atoms with van der Waals surface area (Å²) in [5.41, 5.74) is 1.28. The number of amides is 1. The van der Waals surface area contributed by atoms with Crippen molar-refractivity contribution in [1.29, 1.82) is 0 Å². The number of ketones is 1. The molecular formula is C17H15N3O3S. The fraction of sp³-hybridized carbons (Fsp3) is 0.176. The molecule has 24 heavy (non-hydrogen) atoms. The summed E-state index contributed by atoms with van der Waals surface area (Å²) in [7, 11) is 0. The highest BCUT2D eigenvalue weighted by molar-refractivity contribution is 7.12. The Kier molecular flexibility index (Phi) is 4.81. The highest BCUT2D eigenvalue weighted by Crippen LogP contribution is 2.16. The summed E-state index contributed by atoms with van der Waals surface area (Å²) in [6.45, 7) is 1.82. The Morgan fingerprint density at radius 2 is 2.04 bits per heavy atom. The molecule has 0 saturated carbocycles. The third-order valence-electron chi connectivity index (χ3n) is 3.43. The van der Waals surface area contributed by atoms with E-state index in [4.69, 9.17) is 4.52 Å². The van der Waals surface area contributed by atoms with E-state index in [-0.39, 0.29) is 24.2 Å². The lowest BCUT2D eigenvalue weighted by molar-refractivity contribution is 0.0919. The van der Waals surface area contributed by atoms with Crippen LogP contribution >= 0.6 is 11.3 Å². The smallest absolute Gasteiger partial charge is 0.251 e. The quantitative estimate of drug-likeness (QED) is 0.696. The van der Waals surface area contributed by atoms with Gasteiger partial charge in [-0.1, -0.05) is 23.4 Å². The second kappa shape index (κ2) is 7.18. The Labute approximate surface area is 142 Å². The molecule has 0 aliphatic heterocycles. The minimum atomic E-state index is -0.246. The number of nitrogens with one attached hydrogen (secondary N) is 1. The fourth-order valence-electron chi connectivity index (χ4n) is 2.24. The van der Waals surface area contributed by atoms with E-state index in [1.54, 1.807) is 30.3 Å². The van der Waals surface area contributed by atoms with Gasteiger partial charge in [-0.2, -0.15) is 4.98 Å². The first-order valence-corrected chi connectivity index (χ1v) is 8.26. The van der Waals surface area contributed by atoms with Gasteiger partial charge in [0.2, 0.25) is 12.2 Å². The van der Waals surface area contributed by atoms with Crippen LogP contribution in [0.25, 0.3) is 11.4 Å². The molecular weight excluding hydrogens is 326 g/mol. The van der Waals surface area contributed by atoms with Gasteiger partial charge < -0.3 is 9.84 Å². The number of aromatic nitrogens is 2. The predicted molar refractivity (Wildman–Crippen MR) is 89.9 cm³/mol. The molecule has 1 N–H and O–H groups in total. The van der Waals surface area contributed by atoms with Gasteiger partial charge in [0.1, 0.15) is 0 Å². The molecule has 1 amide bonds. The van der Waals surface area contributed by atoms with Crippen LogP contribution in [0.3, 0.4) is 0 Å². The third-order valence-corrected chi connectivity index (χ3v) is 4.34. The molecule has 0 saturated heterocycles. The van der Waals surface area contributed by atoms with E-state index in [1.165, 1.54) is 17.7 Å². The molecule has 122 valence electrons. The van der Waals surface area contributed by atoms with E-state index in [0.29, 0.717) is 16.3 Å². The van der Waals surface area contributed by atoms with Gasteiger partial charge in [0, 0.05) is 23.6 Å². The number of hydrogen-bond donors (Lipinski definition) is 1. The lowest BCUT2D eigenvalue weighted by atomic mass is 10.1. The van der Waals surface area contributed by atoms with Crippen LogP contribution in [0.4, 0.5) is 0 Å². The molecule has 1 atom stereocenters. The van der Waals surface area contributed by atoms with E-state index < -0.39 is 0 Å². The number of benzene rings is 1. The largest absolute Gasteiger partial charge is 0.349 e. The summed E-state index contributed by atoms with van der Waals surface area (Å²) in [5, 5.41) is 8.44. The van der Waals surface area contributed by atoms with Crippen molar-refractivity contribution in [3.05, 3.63) is 58.6 Å². The zero-order chi connectivity index (χ0) is 16.9. The molecule has 7 heteroatoms. The van der Waals surface area contributed by atoms with Gasteiger partial charge in [0.25, 0.3) is 5.91 Å². The molecule has 0 unspecified atom stereocenters. The molecule has 3 aromatic rings. The van der Waals surface area contributed by atoms with Gasteiger partial charge in [0.05, 0.1) is 4.88 Å². The lowest BCUT2D eigenvalue weighted by Crippen LogP contribution is -2.34. The van der Waals surface area contributed by atoms with E-state index in [9.17, 15) is 9.59 Å². The van der Waals surface area contributed by atoms with Crippen LogP contribution < -0.4 is 5.32 Å². The lowest BCUT2D eigenvalue weighted by Gasteiger charge is -2.13. The zero-order valence-corrected chi connectivity index (χ0v) is 13.7. The van der Waals surface area contributed by atoms with E-state index in [1.807, 2.05) is 18.4 Å². The van der Waals surface area contributed by atoms with Crippen molar-refractivity contribution in [2.45, 2.75) is 19.4 Å². The first-order valence-electron chi connectivity index (χ1n) is 7.38. The predicted octanol–water partition coefficient (Wildman–Crippen LogP) is 3.19. The van der Waals surface area contributed by atoms with Gasteiger partial charge in [-0.05, 0) is 30.5 Å². The van der Waals surface area contributed by atoms with Crippen molar-refractivity contribution in [2.75, 3.05) is 0 Å². The minimum absolute atomic E-state index is 0.0326. The molecule has 6 nitrogen and oxygen atoms in total. The molecule has 0 radical (unpaired) electrons. The summed E-state index contributed by atoms with van der Waals surface area (Å²) in [4.78, 5) is 29.0. The van der Waals surface area contributed by atoms with Crippen LogP contribution in [0.15, 0.2) is 52.7 Å². The average molecular weight is 341 g/mol. The molecule has 0 bridgehead atoms. The molecule has 0 fully saturated rings. The van der Waals surface area contributed by atoms with Crippen molar-refractivity contribution in [2.24, 2.45) is 0 Å². The van der Waals surface area contributed by atoms with Gasteiger partial charge in [-0.15, -0.1) is 11.3 Å². The van der Waals surface area contributed by atoms with Crippen molar-refractivity contribution in [3.8, 4) is 11.4 Å². The number of Topliss-reactive ketones (excluding diaryl/α,β-unsaturated/α-hetero) is 1. The molecule has 0 aliphatic carbocycles. The maximum absolute atomic E-state index is 12.3. The van der Waals surface area contributed by atoms with Crippen LogP contribution in [-0.4, -0.2) is 27.9 Å². The third kappa shape index (κ3) is 3.75. The molecule has 2 aromatic heterocycles. The number of hydrogen-bond acceptors (Lipinski definition) is 6. The molecule has 1 aromatic carbocycles. The summed E-state index contributed by atoms with van der Waals surface area (Å²) in [5.74, 6) is 0.281. The first-order chi connectivity index (χ1) is 11.6. The highest BCUT2D eigenvalue weighted by Gasteiger charge is 2.15. The Hall–Kier alpha value is -2.80. The Morgan fingerprint density at radius 3 is 2.67 bits per heavy atom. The van der Waals surface area contributed by atoms with Gasteiger partial charge in [-0.3, -0.25) is 9.59 Å². The Balaban J connectivity index is 1.59. The van der Waals surface area contributed by atoms with Gasteiger partial charge >= 0.3 is 0 Å². The van der Waals surface area contributed by atoms with Gasteiger partial charge in [0.15, 0.2) is 5.78 Å². The maximum atomic E-state index is 12.3. The Bertz CT molecular complexity index is 811. The summed E-state index contributed by atoms with van der Waals surface area (Å²) in [6.07, 6.45) is 1.52. The van der Waals surface area contributed by atoms with Crippen LogP contribution in [0, 0.1) is 0 Å². The fourth-order valence-corrected chi connectivity index (χ4v) is 2.92. The minimum Gasteiger partial charge on any atom is -0.349 e. The second-order valence-corrected chi connectivity index (χ2v) is 6.26. The number of thiophene rings is 1. The molecule has 3 rings (SSSR count). The molecule has 0 spiro atoms. The SMILES string of the molecule is C[C@H](CC(=O)c1cccs1)NC(=O)c1ccc(-c2ncon2)cc1. The van der Waals surface area contributed by atoms with Crippen molar-refractivity contribution >= 4 is 23.0 Å². The van der Waals surface area contributed by atoms with Crippen LogP contribution in [-0.2, 0) is 0 Å². The normalized spacial score (nSPS) is 11.9. The highest BCUT2D eigenvalue weighted by atomic mass is 32.1. The number of carbonyl (C=O) groups is 2. The summed E-state index contributed by atoms with van der Waals surface area (Å²) in [6, 6.07) is 10.3. The number of nitrogens with zero attached hydrogens (tertiary/aromatic N) is 2. The average Bonchev–Trinajstić information content (AvgIpc) is 3.28. The zero-order valence-electron chi connectivity index (χ0n) is 12.9. The van der Waals surface area contributed by atoms with Crippen LogP contribution in [0.2, 0.25) is 0 Å². The molecule has 2 heterocycles. The topological polar surface area (TPSA) is 85.1 Å². The van der Waals surface area contributed by atoms with E-state index in [2.05, 4.69) is 15.5 Å². The summed E-state index contributed by atoms with van der Waals surface area (Å²) >= 11 is 1.41. The van der Waals surface area contributed by atoms with Crippen molar-refractivity contribution in [3.63, 3.8) is 0 Å². The second-order valence-electron chi connectivity index (χ2n) is 5.31. The maximum Gasteiger partial charge on any atom is 0.251 e. The first kappa shape index (κ1) is 16.1. The van der Waals surface area contributed by atoms with E-state index in [0.717, 1.165) is 5.56 Å². The van der Waals surface area contributed by atoms with Crippen LogP contribution in [0.1, 0.15) is 33.4 Å². The number of carbonyl (C=O) groups excluding carboxylic acids is 2. The standard InChI is InChI=1S/C17H15N3O3S/c1-11(9-14(21)15-3-2-8-24-15)19-17(22)13-6-4-12(5-7-13)16-18-10-23-20-16/h2-8,10-11H,9H2,1H3,(H,19,22)/t11-/m1/s1. The Morgan fingerprint density at radius 1 is 1.25 bits per heavy atom. The summed E-state index contributed by atoms with van der Waals surface area (Å²) < 4.78 is 4.70. The monoisotopic (exact) mass is 341 g/mol. The molecule has 0 aliphatic rings. The van der Waals surface area contributed by atoms with Crippen molar-refractivity contribution < 1.29 is 14.1 Å². The van der Waals surface area contributed by atoms with Crippen LogP contribution in [0.5, 0.6) is 0 Å². The van der Waals surface area contributed by atoms with Gasteiger partial charge in [-0.25, -0.2) is 0 Å². The van der Waals surface area contributed by atoms with Crippen molar-refractivity contribution in [1.82, 2.24) is 15.5 Å². The number of rotatable bonds is 6.